The molecular weight excluding hydrogens is 294 g/mol. The van der Waals surface area contributed by atoms with Crippen LogP contribution in [0.4, 0.5) is 11.4 Å². The fourth-order valence-corrected chi connectivity index (χ4v) is 1.93. The molecule has 2 amide bonds. The van der Waals surface area contributed by atoms with Crippen LogP contribution in [0.5, 0.6) is 0 Å². The number of anilines is 2. The van der Waals surface area contributed by atoms with Crippen LogP contribution in [0.25, 0.3) is 0 Å². The average molecular weight is 314 g/mol. The second-order valence-electron chi connectivity index (χ2n) is 4.61. The van der Waals surface area contributed by atoms with Gasteiger partial charge in [0.25, 0.3) is 0 Å². The lowest BCUT2D eigenvalue weighted by atomic mass is 10.1. The van der Waals surface area contributed by atoms with Crippen LogP contribution in [0.15, 0.2) is 18.2 Å². The number of rotatable bonds is 7. The molecule has 0 spiro atoms. The van der Waals surface area contributed by atoms with E-state index >= 15 is 0 Å². The summed E-state index contributed by atoms with van der Waals surface area (Å²) in [4.78, 5) is 22.9. The number of hydrogen-bond acceptors (Lipinski definition) is 4. The Balaban J connectivity index is 2.60. The highest BCUT2D eigenvalue weighted by Crippen LogP contribution is 2.25. The molecule has 0 heterocycles. The molecule has 1 rings (SSSR count). The number of ether oxygens (including phenoxy) is 1. The predicted molar refractivity (Wildman–Crippen MR) is 83.5 cm³/mol. The highest BCUT2D eigenvalue weighted by molar-refractivity contribution is 6.34. The van der Waals surface area contributed by atoms with Crippen molar-refractivity contribution >= 4 is 34.8 Å². The molecule has 0 saturated carbocycles. The molecule has 0 aliphatic rings. The van der Waals surface area contributed by atoms with Gasteiger partial charge in [0, 0.05) is 26.3 Å². The van der Waals surface area contributed by atoms with E-state index < -0.39 is 6.04 Å². The van der Waals surface area contributed by atoms with E-state index in [0.29, 0.717) is 35.8 Å². The maximum atomic E-state index is 11.9. The molecule has 1 aromatic rings. The predicted octanol–water partition coefficient (Wildman–Crippen LogP) is 1.99. The van der Waals surface area contributed by atoms with Crippen molar-refractivity contribution in [2.45, 2.75) is 25.8 Å². The van der Waals surface area contributed by atoms with E-state index in [1.54, 1.807) is 25.3 Å². The summed E-state index contributed by atoms with van der Waals surface area (Å²) in [5, 5.41) is 5.62. The summed E-state index contributed by atoms with van der Waals surface area (Å²) < 4.78 is 4.91. The lowest BCUT2D eigenvalue weighted by Crippen LogP contribution is -2.35. The number of carbonyl (C=O) groups excluding carboxylic acids is 2. The molecule has 6 nitrogen and oxygen atoms in total. The van der Waals surface area contributed by atoms with Gasteiger partial charge in [0.15, 0.2) is 0 Å². The molecule has 7 heteroatoms. The summed E-state index contributed by atoms with van der Waals surface area (Å²) in [5.41, 5.74) is 6.80. The van der Waals surface area contributed by atoms with Crippen molar-refractivity contribution in [3.8, 4) is 0 Å². The van der Waals surface area contributed by atoms with Gasteiger partial charge in [-0.1, -0.05) is 11.6 Å². The zero-order valence-electron chi connectivity index (χ0n) is 12.1. The Bertz CT molecular complexity index is 508. The largest absolute Gasteiger partial charge is 0.385 e. The van der Waals surface area contributed by atoms with Crippen molar-refractivity contribution in [1.82, 2.24) is 0 Å². The van der Waals surface area contributed by atoms with E-state index in [9.17, 15) is 9.59 Å². The third-order valence-electron chi connectivity index (χ3n) is 2.75. The molecular formula is C14H20ClN3O3. The van der Waals surface area contributed by atoms with Crippen molar-refractivity contribution in [1.29, 1.82) is 0 Å². The highest BCUT2D eigenvalue weighted by Gasteiger charge is 2.14. The minimum absolute atomic E-state index is 0.214. The highest BCUT2D eigenvalue weighted by atomic mass is 35.5. The van der Waals surface area contributed by atoms with E-state index in [0.717, 1.165) is 0 Å². The lowest BCUT2D eigenvalue weighted by Gasteiger charge is -2.13. The molecule has 4 N–H and O–H groups in total. The summed E-state index contributed by atoms with van der Waals surface area (Å²) in [5.74, 6) is -0.497. The second-order valence-corrected chi connectivity index (χ2v) is 5.01. The molecule has 0 radical (unpaired) electrons. The van der Waals surface area contributed by atoms with Gasteiger partial charge in [-0.05, 0) is 31.0 Å². The third-order valence-corrected chi connectivity index (χ3v) is 3.06. The first-order valence-electron chi connectivity index (χ1n) is 6.56. The zero-order chi connectivity index (χ0) is 15.8. The standard InChI is InChI=1S/C14H20ClN3O3/c1-9(19)17-13-6-5-10(8-11(13)15)18-14(20)12(16)4-3-7-21-2/h5-6,8,12H,3-4,7,16H2,1-2H3,(H,17,19)(H,18,20). The quantitative estimate of drug-likeness (QED) is 0.671. The number of halogens is 1. The molecule has 1 aromatic carbocycles. The Hall–Kier alpha value is -1.63. The maximum Gasteiger partial charge on any atom is 0.241 e. The van der Waals surface area contributed by atoms with Crippen LogP contribution < -0.4 is 16.4 Å². The lowest BCUT2D eigenvalue weighted by molar-refractivity contribution is -0.117. The summed E-state index contributed by atoms with van der Waals surface area (Å²) in [6.45, 7) is 1.96. The molecule has 0 aliphatic heterocycles. The molecule has 0 fully saturated rings. The molecule has 0 saturated heterocycles. The van der Waals surface area contributed by atoms with Gasteiger partial charge >= 0.3 is 0 Å². The number of nitrogens with two attached hydrogens (primary N) is 1. The van der Waals surface area contributed by atoms with E-state index in [1.165, 1.54) is 6.92 Å². The first-order chi connectivity index (χ1) is 9.93. The van der Waals surface area contributed by atoms with Crippen LogP contribution in [0.3, 0.4) is 0 Å². The van der Waals surface area contributed by atoms with Crippen LogP contribution >= 0.6 is 11.6 Å². The first-order valence-corrected chi connectivity index (χ1v) is 6.94. The van der Waals surface area contributed by atoms with E-state index in [-0.39, 0.29) is 11.8 Å². The summed E-state index contributed by atoms with van der Waals surface area (Å²) in [7, 11) is 1.60. The van der Waals surface area contributed by atoms with Crippen molar-refractivity contribution in [2.24, 2.45) is 5.73 Å². The van der Waals surface area contributed by atoms with Crippen molar-refractivity contribution < 1.29 is 14.3 Å². The molecule has 21 heavy (non-hydrogen) atoms. The van der Waals surface area contributed by atoms with Gasteiger partial charge in [-0.3, -0.25) is 9.59 Å². The maximum absolute atomic E-state index is 11.9. The smallest absolute Gasteiger partial charge is 0.241 e. The fraction of sp³-hybridized carbons (Fsp3) is 0.429. The second kappa shape index (κ2) is 8.61. The number of carbonyl (C=O) groups is 2. The minimum atomic E-state index is -0.603. The Labute approximate surface area is 129 Å². The Morgan fingerprint density at radius 3 is 2.67 bits per heavy atom. The topological polar surface area (TPSA) is 93.4 Å². The van der Waals surface area contributed by atoms with Crippen molar-refractivity contribution in [3.05, 3.63) is 23.2 Å². The number of methoxy groups -OCH3 is 1. The van der Waals surface area contributed by atoms with E-state index in [1.807, 2.05) is 0 Å². The average Bonchev–Trinajstić information content (AvgIpc) is 2.41. The monoisotopic (exact) mass is 313 g/mol. The fourth-order valence-electron chi connectivity index (χ4n) is 1.70. The normalized spacial score (nSPS) is 11.8. The molecule has 0 aliphatic carbocycles. The number of benzene rings is 1. The molecule has 0 bridgehead atoms. The molecule has 0 aromatic heterocycles. The molecule has 1 atom stereocenters. The minimum Gasteiger partial charge on any atom is -0.385 e. The summed E-state index contributed by atoms with van der Waals surface area (Å²) in [6, 6.07) is 4.23. The van der Waals surface area contributed by atoms with Crippen LogP contribution in [0.1, 0.15) is 19.8 Å². The summed E-state index contributed by atoms with van der Waals surface area (Å²) >= 11 is 6.03. The van der Waals surface area contributed by atoms with Crippen LogP contribution in [-0.4, -0.2) is 31.6 Å². The number of nitrogens with one attached hydrogen (secondary N) is 2. The first kappa shape index (κ1) is 17.4. The number of hydrogen-bond donors (Lipinski definition) is 3. The van der Waals surface area contributed by atoms with Gasteiger partial charge in [0.1, 0.15) is 0 Å². The van der Waals surface area contributed by atoms with Gasteiger partial charge in [0.2, 0.25) is 11.8 Å². The van der Waals surface area contributed by atoms with Crippen molar-refractivity contribution in [2.75, 3.05) is 24.4 Å². The summed E-state index contributed by atoms with van der Waals surface area (Å²) in [6.07, 6.45) is 1.25. The Morgan fingerprint density at radius 2 is 2.10 bits per heavy atom. The van der Waals surface area contributed by atoms with Gasteiger partial charge in [0.05, 0.1) is 16.8 Å². The Morgan fingerprint density at radius 1 is 1.38 bits per heavy atom. The zero-order valence-corrected chi connectivity index (χ0v) is 12.9. The van der Waals surface area contributed by atoms with Gasteiger partial charge in [-0.25, -0.2) is 0 Å². The third kappa shape index (κ3) is 6.12. The number of amides is 2. The van der Waals surface area contributed by atoms with Gasteiger partial charge < -0.3 is 21.1 Å². The van der Waals surface area contributed by atoms with Crippen LogP contribution in [0, 0.1) is 0 Å². The Kier molecular flexibility index (Phi) is 7.14. The van der Waals surface area contributed by atoms with Gasteiger partial charge in [-0.15, -0.1) is 0 Å². The van der Waals surface area contributed by atoms with E-state index in [4.69, 9.17) is 22.1 Å². The molecule has 116 valence electrons. The molecule has 1 unspecified atom stereocenters. The van der Waals surface area contributed by atoms with Crippen LogP contribution in [0.2, 0.25) is 5.02 Å². The SMILES string of the molecule is COCCCC(N)C(=O)Nc1ccc(NC(C)=O)c(Cl)c1. The van der Waals surface area contributed by atoms with Gasteiger partial charge in [-0.2, -0.15) is 0 Å². The van der Waals surface area contributed by atoms with E-state index in [2.05, 4.69) is 10.6 Å². The van der Waals surface area contributed by atoms with Crippen LogP contribution in [-0.2, 0) is 14.3 Å². The van der Waals surface area contributed by atoms with Crippen molar-refractivity contribution in [3.63, 3.8) is 0 Å².